The standard InChI is InChI=1S/C15H26N4O3.ClH/c1-9(2)14(16)15(22)17-7-13(21)19-8-12(20)18-10-5-3-4-6-11(10)19;/h9-11,14H,3-8,16H2,1-2H3,(H,17,22)(H,18,20);1H/t10?,11?,14-;/m0./s1. The van der Waals surface area contributed by atoms with E-state index in [2.05, 4.69) is 10.6 Å². The Labute approximate surface area is 143 Å². The molecule has 0 bridgehead atoms. The molecule has 1 aliphatic carbocycles. The number of amides is 3. The van der Waals surface area contributed by atoms with E-state index < -0.39 is 6.04 Å². The van der Waals surface area contributed by atoms with Crippen molar-refractivity contribution in [3.05, 3.63) is 0 Å². The number of piperazine rings is 1. The molecule has 8 heteroatoms. The van der Waals surface area contributed by atoms with Crippen LogP contribution in [0.25, 0.3) is 0 Å². The maximum atomic E-state index is 12.4. The van der Waals surface area contributed by atoms with Crippen molar-refractivity contribution >= 4 is 30.1 Å². The van der Waals surface area contributed by atoms with E-state index in [1.807, 2.05) is 13.8 Å². The van der Waals surface area contributed by atoms with Gasteiger partial charge in [0.2, 0.25) is 17.7 Å². The summed E-state index contributed by atoms with van der Waals surface area (Å²) < 4.78 is 0. The predicted molar refractivity (Wildman–Crippen MR) is 89.0 cm³/mol. The smallest absolute Gasteiger partial charge is 0.242 e. The highest BCUT2D eigenvalue weighted by molar-refractivity contribution is 5.90. The van der Waals surface area contributed by atoms with E-state index in [9.17, 15) is 14.4 Å². The average Bonchev–Trinajstić information content (AvgIpc) is 2.50. The number of fused-ring (bicyclic) bond motifs is 1. The van der Waals surface area contributed by atoms with Crippen molar-refractivity contribution < 1.29 is 14.4 Å². The molecule has 3 amide bonds. The van der Waals surface area contributed by atoms with Gasteiger partial charge in [-0.05, 0) is 18.8 Å². The molecular weight excluding hydrogens is 320 g/mol. The van der Waals surface area contributed by atoms with E-state index in [-0.39, 0.29) is 61.2 Å². The van der Waals surface area contributed by atoms with Crippen LogP contribution in [0.5, 0.6) is 0 Å². The van der Waals surface area contributed by atoms with Crippen molar-refractivity contribution in [1.29, 1.82) is 0 Å². The molecule has 0 aromatic rings. The summed E-state index contributed by atoms with van der Waals surface area (Å²) in [6.07, 6.45) is 3.94. The minimum Gasteiger partial charge on any atom is -0.350 e. The normalized spacial score (nSPS) is 25.0. The number of carbonyl (C=O) groups is 3. The van der Waals surface area contributed by atoms with Gasteiger partial charge in [0.1, 0.15) is 0 Å². The Balaban J connectivity index is 0.00000264. The fraction of sp³-hybridized carbons (Fsp3) is 0.800. The van der Waals surface area contributed by atoms with Crippen LogP contribution in [-0.2, 0) is 14.4 Å². The van der Waals surface area contributed by atoms with Gasteiger partial charge in [-0.3, -0.25) is 14.4 Å². The molecule has 1 saturated heterocycles. The lowest BCUT2D eigenvalue weighted by Crippen LogP contribution is -2.64. The highest BCUT2D eigenvalue weighted by Gasteiger charge is 2.38. The van der Waals surface area contributed by atoms with Crippen molar-refractivity contribution in [2.24, 2.45) is 11.7 Å². The minimum absolute atomic E-state index is 0. The molecule has 1 heterocycles. The van der Waals surface area contributed by atoms with Gasteiger partial charge in [0.25, 0.3) is 0 Å². The third-order valence-corrected chi connectivity index (χ3v) is 4.55. The van der Waals surface area contributed by atoms with E-state index in [0.717, 1.165) is 25.7 Å². The maximum Gasteiger partial charge on any atom is 0.242 e. The van der Waals surface area contributed by atoms with E-state index >= 15 is 0 Å². The van der Waals surface area contributed by atoms with E-state index in [4.69, 9.17) is 5.73 Å². The summed E-state index contributed by atoms with van der Waals surface area (Å²) in [7, 11) is 0. The second-order valence-corrected chi connectivity index (χ2v) is 6.54. The molecule has 7 nitrogen and oxygen atoms in total. The second-order valence-electron chi connectivity index (χ2n) is 6.54. The molecule has 2 fully saturated rings. The van der Waals surface area contributed by atoms with Crippen LogP contribution in [-0.4, -0.2) is 53.8 Å². The third kappa shape index (κ3) is 4.81. The van der Waals surface area contributed by atoms with Gasteiger partial charge < -0.3 is 21.3 Å². The third-order valence-electron chi connectivity index (χ3n) is 4.55. The van der Waals surface area contributed by atoms with Gasteiger partial charge in [-0.2, -0.15) is 0 Å². The van der Waals surface area contributed by atoms with Crippen molar-refractivity contribution in [1.82, 2.24) is 15.5 Å². The Morgan fingerprint density at radius 3 is 2.65 bits per heavy atom. The van der Waals surface area contributed by atoms with Crippen LogP contribution in [0.2, 0.25) is 0 Å². The largest absolute Gasteiger partial charge is 0.350 e. The molecule has 132 valence electrons. The number of nitrogens with one attached hydrogen (secondary N) is 2. The highest BCUT2D eigenvalue weighted by atomic mass is 35.5. The lowest BCUT2D eigenvalue weighted by molar-refractivity contribution is -0.144. The Bertz CT molecular complexity index is 458. The lowest BCUT2D eigenvalue weighted by Gasteiger charge is -2.44. The topological polar surface area (TPSA) is 105 Å². The molecule has 1 aliphatic heterocycles. The SMILES string of the molecule is CC(C)[C@H](N)C(=O)NCC(=O)N1CC(=O)NC2CCCCC21.Cl. The summed E-state index contributed by atoms with van der Waals surface area (Å²) >= 11 is 0. The Kier molecular flexibility index (Phi) is 7.28. The Hall–Kier alpha value is -1.34. The van der Waals surface area contributed by atoms with Crippen LogP contribution < -0.4 is 16.4 Å². The van der Waals surface area contributed by atoms with E-state index in [1.165, 1.54) is 0 Å². The lowest BCUT2D eigenvalue weighted by atomic mass is 9.87. The van der Waals surface area contributed by atoms with E-state index in [0.29, 0.717) is 0 Å². The first kappa shape index (κ1) is 19.7. The number of nitrogens with zero attached hydrogens (tertiary/aromatic N) is 1. The summed E-state index contributed by atoms with van der Waals surface area (Å²) in [6, 6.07) is -0.526. The number of carbonyl (C=O) groups excluding carboxylic acids is 3. The van der Waals surface area contributed by atoms with Crippen molar-refractivity contribution in [2.75, 3.05) is 13.1 Å². The summed E-state index contributed by atoms with van der Waals surface area (Å²) in [5.41, 5.74) is 5.75. The van der Waals surface area contributed by atoms with Crippen LogP contribution in [0.15, 0.2) is 0 Å². The first-order valence-corrected chi connectivity index (χ1v) is 8.02. The van der Waals surface area contributed by atoms with Crippen LogP contribution >= 0.6 is 12.4 Å². The van der Waals surface area contributed by atoms with Gasteiger partial charge in [-0.25, -0.2) is 0 Å². The maximum absolute atomic E-state index is 12.4. The Morgan fingerprint density at radius 2 is 2.00 bits per heavy atom. The highest BCUT2D eigenvalue weighted by Crippen LogP contribution is 2.25. The summed E-state index contributed by atoms with van der Waals surface area (Å²) in [5.74, 6) is -0.652. The van der Waals surface area contributed by atoms with Gasteiger partial charge in [-0.15, -0.1) is 12.4 Å². The zero-order valence-electron chi connectivity index (χ0n) is 13.7. The summed E-state index contributed by atoms with van der Waals surface area (Å²) in [4.78, 5) is 37.6. The zero-order chi connectivity index (χ0) is 16.3. The van der Waals surface area contributed by atoms with Gasteiger partial charge in [-0.1, -0.05) is 26.7 Å². The van der Waals surface area contributed by atoms with Gasteiger partial charge in [0, 0.05) is 6.04 Å². The molecule has 0 spiro atoms. The molecule has 4 N–H and O–H groups in total. The van der Waals surface area contributed by atoms with Crippen LogP contribution in [0, 0.1) is 5.92 Å². The summed E-state index contributed by atoms with van der Waals surface area (Å²) in [5, 5.41) is 5.55. The molecule has 0 aromatic heterocycles. The van der Waals surface area contributed by atoms with Gasteiger partial charge >= 0.3 is 0 Å². The quantitative estimate of drug-likeness (QED) is 0.654. The fourth-order valence-corrected chi connectivity index (χ4v) is 3.14. The van der Waals surface area contributed by atoms with Crippen LogP contribution in [0.3, 0.4) is 0 Å². The van der Waals surface area contributed by atoms with Crippen molar-refractivity contribution in [2.45, 2.75) is 57.7 Å². The number of nitrogens with two attached hydrogens (primary N) is 1. The molecule has 2 rings (SSSR count). The van der Waals surface area contributed by atoms with Crippen LogP contribution in [0.4, 0.5) is 0 Å². The first-order chi connectivity index (χ1) is 10.4. The van der Waals surface area contributed by atoms with Gasteiger partial charge in [0.05, 0.1) is 25.2 Å². The zero-order valence-corrected chi connectivity index (χ0v) is 14.5. The average molecular weight is 347 g/mol. The molecular formula is C15H27ClN4O3. The second kappa shape index (κ2) is 8.49. The molecule has 0 aromatic carbocycles. The minimum atomic E-state index is -0.625. The monoisotopic (exact) mass is 346 g/mol. The van der Waals surface area contributed by atoms with Crippen molar-refractivity contribution in [3.8, 4) is 0 Å². The van der Waals surface area contributed by atoms with Crippen LogP contribution in [0.1, 0.15) is 39.5 Å². The fourth-order valence-electron chi connectivity index (χ4n) is 3.14. The first-order valence-electron chi connectivity index (χ1n) is 8.02. The Morgan fingerprint density at radius 1 is 1.35 bits per heavy atom. The number of rotatable bonds is 4. The molecule has 1 saturated carbocycles. The number of halogens is 1. The molecule has 2 unspecified atom stereocenters. The van der Waals surface area contributed by atoms with Gasteiger partial charge in [0.15, 0.2) is 0 Å². The molecule has 0 radical (unpaired) electrons. The number of hydrogen-bond donors (Lipinski definition) is 3. The van der Waals surface area contributed by atoms with E-state index in [1.54, 1.807) is 4.90 Å². The van der Waals surface area contributed by atoms with Crippen molar-refractivity contribution in [3.63, 3.8) is 0 Å². The number of hydrogen-bond acceptors (Lipinski definition) is 4. The molecule has 23 heavy (non-hydrogen) atoms. The molecule has 2 aliphatic rings. The molecule has 3 atom stereocenters. The predicted octanol–water partition coefficient (Wildman–Crippen LogP) is -0.223. The summed E-state index contributed by atoms with van der Waals surface area (Å²) in [6.45, 7) is 3.68.